The standard InChI is InChI=1S/C14H23N3O2/c1-10-5-6-11(9-16-10)7-12(8-15)17-13(18)19-14(2,3)4/h5-6,9,12H,7-8,15H2,1-4H3,(H,17,18). The van der Waals surface area contributed by atoms with Crippen LogP contribution in [-0.4, -0.2) is 29.3 Å². The molecule has 3 N–H and O–H groups in total. The van der Waals surface area contributed by atoms with Gasteiger partial charge in [0.2, 0.25) is 0 Å². The number of aromatic nitrogens is 1. The van der Waals surface area contributed by atoms with E-state index in [9.17, 15) is 4.79 Å². The van der Waals surface area contributed by atoms with Gasteiger partial charge in [0.1, 0.15) is 5.60 Å². The van der Waals surface area contributed by atoms with Crippen molar-refractivity contribution in [2.75, 3.05) is 6.54 Å². The Balaban J connectivity index is 2.54. The van der Waals surface area contributed by atoms with Crippen molar-refractivity contribution in [2.24, 2.45) is 5.73 Å². The van der Waals surface area contributed by atoms with E-state index in [0.717, 1.165) is 11.3 Å². The molecule has 0 spiro atoms. The molecule has 19 heavy (non-hydrogen) atoms. The molecule has 1 aromatic heterocycles. The number of carbonyl (C=O) groups is 1. The van der Waals surface area contributed by atoms with Crippen LogP contribution in [-0.2, 0) is 11.2 Å². The molecule has 0 aliphatic rings. The average Bonchev–Trinajstić information content (AvgIpc) is 2.28. The van der Waals surface area contributed by atoms with Gasteiger partial charge in [-0.25, -0.2) is 4.79 Å². The van der Waals surface area contributed by atoms with E-state index < -0.39 is 11.7 Å². The topological polar surface area (TPSA) is 77.2 Å². The summed E-state index contributed by atoms with van der Waals surface area (Å²) >= 11 is 0. The smallest absolute Gasteiger partial charge is 0.407 e. The highest BCUT2D eigenvalue weighted by Crippen LogP contribution is 2.08. The van der Waals surface area contributed by atoms with Crippen LogP contribution in [0.5, 0.6) is 0 Å². The number of ether oxygens (including phenoxy) is 1. The molecule has 5 heteroatoms. The molecular formula is C14H23N3O2. The Kier molecular flexibility index (Phi) is 5.30. The summed E-state index contributed by atoms with van der Waals surface area (Å²) < 4.78 is 5.21. The minimum Gasteiger partial charge on any atom is -0.444 e. The van der Waals surface area contributed by atoms with Gasteiger partial charge in [-0.3, -0.25) is 4.98 Å². The number of rotatable bonds is 4. The second kappa shape index (κ2) is 6.52. The second-order valence-corrected chi connectivity index (χ2v) is 5.59. The Hall–Kier alpha value is -1.62. The molecule has 0 saturated heterocycles. The summed E-state index contributed by atoms with van der Waals surface area (Å²) in [6, 6.07) is 3.78. The van der Waals surface area contributed by atoms with E-state index in [-0.39, 0.29) is 6.04 Å². The van der Waals surface area contributed by atoms with Crippen LogP contribution in [0.15, 0.2) is 18.3 Å². The lowest BCUT2D eigenvalue weighted by Gasteiger charge is -2.23. The first-order chi connectivity index (χ1) is 8.80. The van der Waals surface area contributed by atoms with Gasteiger partial charge in [-0.2, -0.15) is 0 Å². The zero-order chi connectivity index (χ0) is 14.5. The molecule has 1 atom stereocenters. The number of hydrogen-bond acceptors (Lipinski definition) is 4. The summed E-state index contributed by atoms with van der Waals surface area (Å²) in [4.78, 5) is 15.9. The Morgan fingerprint density at radius 3 is 2.63 bits per heavy atom. The van der Waals surface area contributed by atoms with Gasteiger partial charge in [0.15, 0.2) is 0 Å². The summed E-state index contributed by atoms with van der Waals surface area (Å²) in [5.74, 6) is 0. The van der Waals surface area contributed by atoms with E-state index in [2.05, 4.69) is 10.3 Å². The zero-order valence-electron chi connectivity index (χ0n) is 12.1. The number of hydrogen-bond donors (Lipinski definition) is 2. The van der Waals surface area contributed by atoms with E-state index in [4.69, 9.17) is 10.5 Å². The van der Waals surface area contributed by atoms with Gasteiger partial charge in [-0.05, 0) is 45.7 Å². The van der Waals surface area contributed by atoms with Crippen LogP contribution in [0.2, 0.25) is 0 Å². The third-order valence-corrected chi connectivity index (χ3v) is 2.46. The third kappa shape index (κ3) is 6.20. The Morgan fingerprint density at radius 2 is 2.16 bits per heavy atom. The highest BCUT2D eigenvalue weighted by atomic mass is 16.6. The normalized spacial score (nSPS) is 12.9. The lowest BCUT2D eigenvalue weighted by molar-refractivity contribution is 0.0506. The number of aryl methyl sites for hydroxylation is 1. The van der Waals surface area contributed by atoms with Crippen LogP contribution < -0.4 is 11.1 Å². The predicted molar refractivity (Wildman–Crippen MR) is 74.9 cm³/mol. The van der Waals surface area contributed by atoms with E-state index >= 15 is 0 Å². The maximum Gasteiger partial charge on any atom is 0.407 e. The summed E-state index contributed by atoms with van der Waals surface area (Å²) in [5.41, 5.74) is 7.17. The first-order valence-electron chi connectivity index (χ1n) is 6.41. The molecule has 0 radical (unpaired) electrons. The zero-order valence-corrected chi connectivity index (χ0v) is 12.1. The van der Waals surface area contributed by atoms with Crippen molar-refractivity contribution in [3.8, 4) is 0 Å². The molecule has 1 unspecified atom stereocenters. The molecule has 1 amide bonds. The van der Waals surface area contributed by atoms with Crippen molar-refractivity contribution >= 4 is 6.09 Å². The van der Waals surface area contributed by atoms with Crippen LogP contribution in [0.4, 0.5) is 4.79 Å². The molecule has 5 nitrogen and oxygen atoms in total. The van der Waals surface area contributed by atoms with E-state index in [0.29, 0.717) is 13.0 Å². The predicted octanol–water partition coefficient (Wildman–Crippen LogP) is 1.78. The molecule has 1 aromatic rings. The fraction of sp³-hybridized carbons (Fsp3) is 0.571. The van der Waals surface area contributed by atoms with Crippen LogP contribution in [0.3, 0.4) is 0 Å². The van der Waals surface area contributed by atoms with Gasteiger partial charge in [0.05, 0.1) is 0 Å². The van der Waals surface area contributed by atoms with Gasteiger partial charge in [0.25, 0.3) is 0 Å². The van der Waals surface area contributed by atoms with Crippen molar-refractivity contribution in [1.82, 2.24) is 10.3 Å². The van der Waals surface area contributed by atoms with Crippen molar-refractivity contribution in [2.45, 2.75) is 45.8 Å². The number of nitrogens with two attached hydrogens (primary N) is 1. The van der Waals surface area contributed by atoms with Crippen molar-refractivity contribution in [1.29, 1.82) is 0 Å². The fourth-order valence-electron chi connectivity index (χ4n) is 1.57. The van der Waals surface area contributed by atoms with Crippen LogP contribution in [0.25, 0.3) is 0 Å². The van der Waals surface area contributed by atoms with Gasteiger partial charge in [-0.15, -0.1) is 0 Å². The van der Waals surface area contributed by atoms with Gasteiger partial charge in [0, 0.05) is 24.5 Å². The van der Waals surface area contributed by atoms with Crippen LogP contribution in [0, 0.1) is 6.92 Å². The molecule has 0 fully saturated rings. The maximum absolute atomic E-state index is 11.7. The first-order valence-corrected chi connectivity index (χ1v) is 6.41. The molecular weight excluding hydrogens is 242 g/mol. The highest BCUT2D eigenvalue weighted by molar-refractivity contribution is 5.68. The fourth-order valence-corrected chi connectivity index (χ4v) is 1.57. The molecule has 0 aliphatic carbocycles. The average molecular weight is 265 g/mol. The second-order valence-electron chi connectivity index (χ2n) is 5.59. The quantitative estimate of drug-likeness (QED) is 0.870. The molecule has 106 valence electrons. The van der Waals surface area contributed by atoms with Crippen LogP contribution >= 0.6 is 0 Å². The summed E-state index contributed by atoms with van der Waals surface area (Å²) in [6.45, 7) is 7.77. The lowest BCUT2D eigenvalue weighted by Crippen LogP contribution is -2.44. The van der Waals surface area contributed by atoms with Crippen molar-refractivity contribution in [3.63, 3.8) is 0 Å². The minimum absolute atomic E-state index is 0.153. The van der Waals surface area contributed by atoms with E-state index in [1.165, 1.54) is 0 Å². The number of alkyl carbamates (subject to hydrolysis) is 1. The molecule has 1 heterocycles. The van der Waals surface area contributed by atoms with Gasteiger partial charge >= 0.3 is 6.09 Å². The SMILES string of the molecule is Cc1ccc(CC(CN)NC(=O)OC(C)(C)C)cn1. The third-order valence-electron chi connectivity index (χ3n) is 2.46. The van der Waals surface area contributed by atoms with Gasteiger partial charge in [-0.1, -0.05) is 6.07 Å². The van der Waals surface area contributed by atoms with Crippen LogP contribution in [0.1, 0.15) is 32.0 Å². The number of nitrogens with one attached hydrogen (secondary N) is 1. The van der Waals surface area contributed by atoms with Crippen molar-refractivity contribution < 1.29 is 9.53 Å². The number of amides is 1. The maximum atomic E-state index is 11.7. The first kappa shape index (κ1) is 15.4. The number of pyridine rings is 1. The molecule has 0 bridgehead atoms. The Labute approximate surface area is 114 Å². The van der Waals surface area contributed by atoms with Gasteiger partial charge < -0.3 is 15.8 Å². The molecule has 1 rings (SSSR count). The largest absolute Gasteiger partial charge is 0.444 e. The summed E-state index contributed by atoms with van der Waals surface area (Å²) in [6.07, 6.45) is 2.00. The molecule has 0 aliphatic heterocycles. The van der Waals surface area contributed by atoms with E-state index in [1.54, 1.807) is 6.20 Å². The lowest BCUT2D eigenvalue weighted by atomic mass is 10.1. The summed E-state index contributed by atoms with van der Waals surface area (Å²) in [7, 11) is 0. The molecule has 0 aromatic carbocycles. The molecule has 0 saturated carbocycles. The minimum atomic E-state index is -0.505. The van der Waals surface area contributed by atoms with E-state index in [1.807, 2.05) is 39.8 Å². The number of nitrogens with zero attached hydrogens (tertiary/aromatic N) is 1. The highest BCUT2D eigenvalue weighted by Gasteiger charge is 2.19. The monoisotopic (exact) mass is 265 g/mol. The Bertz CT molecular complexity index is 410. The summed E-state index contributed by atoms with van der Waals surface area (Å²) in [5, 5.41) is 2.77. The van der Waals surface area contributed by atoms with Crippen molar-refractivity contribution in [3.05, 3.63) is 29.6 Å². The number of carbonyl (C=O) groups excluding carboxylic acids is 1. The Morgan fingerprint density at radius 1 is 1.47 bits per heavy atom.